The van der Waals surface area contributed by atoms with Crippen LogP contribution in [0, 0.1) is 11.3 Å². The number of aromatic amines is 1. The fourth-order valence-corrected chi connectivity index (χ4v) is 6.16. The van der Waals surface area contributed by atoms with Gasteiger partial charge in [0.1, 0.15) is 5.52 Å². The van der Waals surface area contributed by atoms with Crippen LogP contribution >= 0.6 is 27.7 Å². The summed E-state index contributed by atoms with van der Waals surface area (Å²) in [5.74, 6) is 2.14. The van der Waals surface area contributed by atoms with E-state index < -0.39 is 0 Å². The number of halogens is 1. The minimum Gasteiger partial charge on any atom is -0.454 e. The van der Waals surface area contributed by atoms with Crippen LogP contribution in [0.4, 0.5) is 0 Å². The van der Waals surface area contributed by atoms with Crippen LogP contribution in [0.1, 0.15) is 32.1 Å². The standard InChI is InChI=1S/C21H22BrN5O3S/c22-14-7-15-16(29-10-28-15)8-17(14)31-21-25-18-19(23)24-9-27(20(18)26-21)4-3-11-5-12-1-2-13(6-11)30-12/h7-9,11-13,23H,1-6,10H2,(H,25,26). The van der Waals surface area contributed by atoms with Crippen molar-refractivity contribution in [2.24, 2.45) is 5.92 Å². The van der Waals surface area contributed by atoms with Crippen LogP contribution in [0.5, 0.6) is 11.5 Å². The summed E-state index contributed by atoms with van der Waals surface area (Å²) in [4.78, 5) is 13.3. The lowest BCUT2D eigenvalue weighted by Gasteiger charge is -2.28. The number of nitrogens with one attached hydrogen (secondary N) is 2. The van der Waals surface area contributed by atoms with E-state index in [2.05, 4.69) is 30.5 Å². The number of nitrogens with zero attached hydrogens (tertiary/aromatic N) is 3. The van der Waals surface area contributed by atoms with Crippen LogP contribution in [-0.2, 0) is 11.3 Å². The first-order chi connectivity index (χ1) is 15.1. The number of H-pyrrole nitrogens is 1. The largest absolute Gasteiger partial charge is 0.454 e. The summed E-state index contributed by atoms with van der Waals surface area (Å²) in [6, 6.07) is 3.85. The molecule has 2 N–H and O–H groups in total. The molecule has 3 aromatic rings. The molecule has 0 aliphatic carbocycles. The molecule has 3 aliphatic rings. The van der Waals surface area contributed by atoms with Gasteiger partial charge in [0.05, 0.1) is 18.5 Å². The Kier molecular flexibility index (Phi) is 4.96. The monoisotopic (exact) mass is 503 g/mol. The first-order valence-electron chi connectivity index (χ1n) is 10.5. The number of imidazole rings is 1. The summed E-state index contributed by atoms with van der Waals surface area (Å²) in [5, 5.41) is 8.93. The van der Waals surface area contributed by atoms with E-state index in [9.17, 15) is 0 Å². The Labute approximate surface area is 191 Å². The van der Waals surface area contributed by atoms with Gasteiger partial charge >= 0.3 is 0 Å². The lowest BCUT2D eigenvalue weighted by molar-refractivity contribution is -0.0215. The van der Waals surface area contributed by atoms with Crippen molar-refractivity contribution in [3.05, 3.63) is 28.4 Å². The van der Waals surface area contributed by atoms with Crippen LogP contribution < -0.4 is 15.0 Å². The van der Waals surface area contributed by atoms with E-state index in [0.29, 0.717) is 28.8 Å². The van der Waals surface area contributed by atoms with Crippen molar-refractivity contribution in [3.8, 4) is 11.5 Å². The molecule has 1 aromatic carbocycles. The van der Waals surface area contributed by atoms with E-state index in [0.717, 1.165) is 52.3 Å². The van der Waals surface area contributed by atoms with Crippen molar-refractivity contribution in [1.29, 1.82) is 5.41 Å². The van der Waals surface area contributed by atoms with Gasteiger partial charge in [0, 0.05) is 15.9 Å². The quantitative estimate of drug-likeness (QED) is 0.540. The highest BCUT2D eigenvalue weighted by molar-refractivity contribution is 9.10. The number of aryl methyl sites for hydroxylation is 1. The summed E-state index contributed by atoms with van der Waals surface area (Å²) in [7, 11) is 0. The molecule has 2 unspecified atom stereocenters. The molecule has 0 saturated carbocycles. The van der Waals surface area contributed by atoms with Gasteiger partial charge in [-0.15, -0.1) is 0 Å². The lowest BCUT2D eigenvalue weighted by Crippen LogP contribution is -2.26. The zero-order valence-electron chi connectivity index (χ0n) is 16.8. The summed E-state index contributed by atoms with van der Waals surface area (Å²) < 4.78 is 19.9. The molecule has 0 radical (unpaired) electrons. The molecule has 2 aromatic heterocycles. The molecule has 2 bridgehead atoms. The second kappa shape index (κ2) is 7.83. The van der Waals surface area contributed by atoms with Gasteiger partial charge in [-0.1, -0.05) is 11.8 Å². The Morgan fingerprint density at radius 1 is 1.19 bits per heavy atom. The van der Waals surface area contributed by atoms with Crippen molar-refractivity contribution in [2.75, 3.05) is 6.79 Å². The van der Waals surface area contributed by atoms with E-state index in [4.69, 9.17) is 24.6 Å². The highest BCUT2D eigenvalue weighted by Crippen LogP contribution is 2.42. The first-order valence-corrected chi connectivity index (χ1v) is 12.2. The Morgan fingerprint density at radius 3 is 2.77 bits per heavy atom. The van der Waals surface area contributed by atoms with Gasteiger partial charge in [-0.25, -0.2) is 9.97 Å². The molecule has 31 heavy (non-hydrogen) atoms. The average molecular weight is 504 g/mol. The Morgan fingerprint density at radius 2 is 1.97 bits per heavy atom. The zero-order valence-corrected chi connectivity index (χ0v) is 19.2. The normalized spacial score (nSPS) is 24.2. The molecule has 3 aliphatic heterocycles. The third-order valence-electron chi connectivity index (χ3n) is 6.30. The minimum atomic E-state index is 0.208. The molecule has 2 saturated heterocycles. The Hall–Kier alpha value is -2.04. The summed E-state index contributed by atoms with van der Waals surface area (Å²) in [6.45, 7) is 1.08. The molecule has 10 heteroatoms. The van der Waals surface area contributed by atoms with Gasteiger partial charge in [0.2, 0.25) is 6.79 Å². The number of fused-ring (bicyclic) bond motifs is 4. The molecule has 8 nitrogen and oxygen atoms in total. The number of hydrogen-bond acceptors (Lipinski definition) is 7. The van der Waals surface area contributed by atoms with E-state index in [1.165, 1.54) is 24.6 Å². The summed E-state index contributed by atoms with van der Waals surface area (Å²) in [5.41, 5.74) is 1.64. The van der Waals surface area contributed by atoms with Crippen molar-refractivity contribution >= 4 is 38.9 Å². The lowest BCUT2D eigenvalue weighted by atomic mass is 9.92. The highest BCUT2D eigenvalue weighted by Gasteiger charge is 2.34. The molecule has 2 atom stereocenters. The van der Waals surface area contributed by atoms with Gasteiger partial charge in [-0.05, 0) is 66.1 Å². The molecule has 0 amide bonds. The smallest absolute Gasteiger partial charge is 0.231 e. The number of benzene rings is 1. The van der Waals surface area contributed by atoms with E-state index in [-0.39, 0.29) is 12.3 Å². The molecule has 0 spiro atoms. The Bertz CT molecular complexity index is 1200. The number of aromatic nitrogens is 4. The predicted octanol–water partition coefficient (Wildman–Crippen LogP) is 4.23. The number of ether oxygens (including phenoxy) is 3. The SMILES string of the molecule is N=c1ncn(CCC2CC3CCC(C2)O3)c2nc(Sc3cc4c(cc3Br)OCO4)[nH]c12. The average Bonchev–Trinajstić information content (AvgIpc) is 3.47. The second-order valence-corrected chi connectivity index (χ2v) is 10.2. The van der Waals surface area contributed by atoms with Gasteiger partial charge in [-0.2, -0.15) is 0 Å². The van der Waals surface area contributed by atoms with Crippen LogP contribution in [0.15, 0.2) is 33.0 Å². The summed E-state index contributed by atoms with van der Waals surface area (Å²) >= 11 is 5.09. The van der Waals surface area contributed by atoms with Crippen LogP contribution in [0.3, 0.4) is 0 Å². The third kappa shape index (κ3) is 3.74. The van der Waals surface area contributed by atoms with E-state index in [1.807, 2.05) is 12.1 Å². The zero-order chi connectivity index (χ0) is 20.9. The fourth-order valence-electron chi connectivity index (χ4n) is 4.78. The maximum Gasteiger partial charge on any atom is 0.231 e. The topological polar surface area (TPSA) is 98.0 Å². The van der Waals surface area contributed by atoms with Crippen molar-refractivity contribution in [2.45, 2.75) is 60.9 Å². The van der Waals surface area contributed by atoms with Crippen molar-refractivity contribution < 1.29 is 14.2 Å². The number of rotatable bonds is 5. The third-order valence-corrected chi connectivity index (χ3v) is 8.16. The molecular formula is C21H22BrN5O3S. The number of hydrogen-bond donors (Lipinski definition) is 2. The van der Waals surface area contributed by atoms with Gasteiger partial charge in [-0.3, -0.25) is 5.41 Å². The van der Waals surface area contributed by atoms with Gasteiger partial charge in [0.15, 0.2) is 27.8 Å². The second-order valence-electron chi connectivity index (χ2n) is 8.35. The summed E-state index contributed by atoms with van der Waals surface area (Å²) in [6.07, 6.45) is 8.47. The van der Waals surface area contributed by atoms with E-state index in [1.54, 1.807) is 6.33 Å². The maximum atomic E-state index is 8.22. The van der Waals surface area contributed by atoms with Crippen molar-refractivity contribution in [3.63, 3.8) is 0 Å². The van der Waals surface area contributed by atoms with Crippen LogP contribution in [0.2, 0.25) is 0 Å². The minimum absolute atomic E-state index is 0.208. The van der Waals surface area contributed by atoms with Gasteiger partial charge in [0.25, 0.3) is 0 Å². The maximum absolute atomic E-state index is 8.22. The first kappa shape index (κ1) is 19.6. The fraction of sp³-hybridized carbons (Fsp3) is 0.476. The van der Waals surface area contributed by atoms with Crippen molar-refractivity contribution in [1.82, 2.24) is 19.5 Å². The van der Waals surface area contributed by atoms with Crippen LogP contribution in [0.25, 0.3) is 11.2 Å². The predicted molar refractivity (Wildman–Crippen MR) is 117 cm³/mol. The molecule has 5 heterocycles. The Balaban J connectivity index is 1.24. The molecule has 2 fully saturated rings. The highest BCUT2D eigenvalue weighted by atomic mass is 79.9. The molecular weight excluding hydrogens is 482 g/mol. The molecule has 162 valence electrons. The molecule has 6 rings (SSSR count). The van der Waals surface area contributed by atoms with E-state index >= 15 is 0 Å². The van der Waals surface area contributed by atoms with Crippen LogP contribution in [-0.4, -0.2) is 38.5 Å². The van der Waals surface area contributed by atoms with Gasteiger partial charge < -0.3 is 23.8 Å².